The van der Waals surface area contributed by atoms with Crippen LogP contribution in [0.4, 0.5) is 0 Å². The lowest BCUT2D eigenvalue weighted by atomic mass is 10.3. The van der Waals surface area contributed by atoms with E-state index in [1.165, 1.54) is 12.8 Å². The molecular weight excluding hydrogens is 264 g/mol. The summed E-state index contributed by atoms with van der Waals surface area (Å²) in [6, 6.07) is 0.698. The first-order chi connectivity index (χ1) is 9.16. The van der Waals surface area contributed by atoms with Gasteiger partial charge in [0.1, 0.15) is 0 Å². The molecule has 108 valence electrons. The monoisotopic (exact) mass is 286 g/mol. The molecule has 1 heterocycles. The van der Waals surface area contributed by atoms with Crippen molar-refractivity contribution in [1.29, 1.82) is 0 Å². The maximum Gasteiger partial charge on any atom is 0.211 e. The summed E-state index contributed by atoms with van der Waals surface area (Å²) in [4.78, 5) is 6.83. The van der Waals surface area contributed by atoms with Crippen LogP contribution in [0.2, 0.25) is 0 Å². The van der Waals surface area contributed by atoms with Crippen molar-refractivity contribution in [3.05, 3.63) is 18.2 Å². The van der Waals surface area contributed by atoms with E-state index in [9.17, 15) is 8.42 Å². The topological polar surface area (TPSA) is 86.9 Å². The highest BCUT2D eigenvalue weighted by molar-refractivity contribution is 7.89. The fourth-order valence-electron chi connectivity index (χ4n) is 1.85. The van der Waals surface area contributed by atoms with E-state index in [4.69, 9.17) is 0 Å². The zero-order chi connectivity index (χ0) is 13.6. The van der Waals surface area contributed by atoms with E-state index in [1.54, 1.807) is 12.5 Å². The molecule has 1 fully saturated rings. The molecule has 7 heteroatoms. The molecule has 1 saturated carbocycles. The first kappa shape index (κ1) is 14.5. The maximum absolute atomic E-state index is 11.7. The van der Waals surface area contributed by atoms with Crippen molar-refractivity contribution in [2.45, 2.75) is 38.1 Å². The number of hydrogen-bond acceptors (Lipinski definition) is 4. The van der Waals surface area contributed by atoms with Gasteiger partial charge in [0.05, 0.1) is 12.1 Å². The molecule has 0 aliphatic heterocycles. The van der Waals surface area contributed by atoms with Crippen molar-refractivity contribution in [3.63, 3.8) is 0 Å². The van der Waals surface area contributed by atoms with Gasteiger partial charge in [0.2, 0.25) is 10.0 Å². The van der Waals surface area contributed by atoms with E-state index in [0.717, 1.165) is 18.7 Å². The first-order valence-electron chi connectivity index (χ1n) is 6.84. The third-order valence-electron chi connectivity index (χ3n) is 3.12. The van der Waals surface area contributed by atoms with Gasteiger partial charge in [0.25, 0.3) is 0 Å². The molecule has 0 spiro atoms. The normalized spacial score (nSPS) is 15.8. The summed E-state index contributed by atoms with van der Waals surface area (Å²) < 4.78 is 26.0. The average Bonchev–Trinajstić information content (AvgIpc) is 3.04. The molecule has 0 saturated heterocycles. The molecule has 0 atom stereocenters. The molecule has 6 nitrogen and oxygen atoms in total. The summed E-state index contributed by atoms with van der Waals surface area (Å²) in [5, 5.41) is 3.38. The van der Waals surface area contributed by atoms with Crippen LogP contribution in [-0.4, -0.2) is 43.3 Å². The maximum atomic E-state index is 11.7. The fraction of sp³-hybridized carbons (Fsp3) is 0.750. The number of nitrogens with zero attached hydrogens (tertiary/aromatic N) is 1. The lowest BCUT2D eigenvalue weighted by Crippen LogP contribution is -2.29. The predicted octanol–water partition coefficient (Wildman–Crippen LogP) is 0.404. The second-order valence-corrected chi connectivity index (χ2v) is 6.90. The number of imidazole rings is 1. The van der Waals surface area contributed by atoms with Crippen molar-refractivity contribution in [2.24, 2.45) is 0 Å². The van der Waals surface area contributed by atoms with Gasteiger partial charge in [-0.25, -0.2) is 18.1 Å². The molecule has 2 rings (SSSR count). The van der Waals surface area contributed by atoms with Gasteiger partial charge < -0.3 is 10.3 Å². The zero-order valence-electron chi connectivity index (χ0n) is 11.1. The summed E-state index contributed by atoms with van der Waals surface area (Å²) in [6.45, 7) is 1.35. The molecule has 19 heavy (non-hydrogen) atoms. The van der Waals surface area contributed by atoms with Gasteiger partial charge in [0.15, 0.2) is 0 Å². The van der Waals surface area contributed by atoms with Gasteiger partial charge in [0, 0.05) is 30.9 Å². The third-order valence-corrected chi connectivity index (χ3v) is 4.59. The smallest absolute Gasteiger partial charge is 0.211 e. The number of sulfonamides is 1. The van der Waals surface area contributed by atoms with E-state index >= 15 is 0 Å². The number of unbranched alkanes of at least 4 members (excludes halogenated alkanes) is 1. The molecule has 0 radical (unpaired) electrons. The molecule has 3 N–H and O–H groups in total. The molecule has 0 amide bonds. The Labute approximate surface area is 114 Å². The Balaban J connectivity index is 1.53. The van der Waals surface area contributed by atoms with Gasteiger partial charge in [-0.05, 0) is 32.2 Å². The summed E-state index contributed by atoms with van der Waals surface area (Å²) in [7, 11) is -3.13. The highest BCUT2D eigenvalue weighted by Crippen LogP contribution is 2.18. The first-order valence-corrected chi connectivity index (χ1v) is 8.49. The summed E-state index contributed by atoms with van der Waals surface area (Å²) >= 11 is 0. The number of H-pyrrole nitrogens is 1. The fourth-order valence-corrected chi connectivity index (χ4v) is 2.99. The Morgan fingerprint density at radius 3 is 2.84 bits per heavy atom. The van der Waals surface area contributed by atoms with E-state index in [-0.39, 0.29) is 5.75 Å². The van der Waals surface area contributed by atoms with Gasteiger partial charge >= 0.3 is 0 Å². The number of hydrogen-bond donors (Lipinski definition) is 3. The summed E-state index contributed by atoms with van der Waals surface area (Å²) in [5.41, 5.74) is 0.941. The highest BCUT2D eigenvalue weighted by Gasteiger charge is 2.19. The van der Waals surface area contributed by atoms with Crippen LogP contribution in [0, 0.1) is 0 Å². The van der Waals surface area contributed by atoms with Gasteiger partial charge in [-0.1, -0.05) is 0 Å². The number of aromatic nitrogens is 2. The predicted molar refractivity (Wildman–Crippen MR) is 74.3 cm³/mol. The van der Waals surface area contributed by atoms with E-state index in [0.29, 0.717) is 25.4 Å². The van der Waals surface area contributed by atoms with Gasteiger partial charge in [-0.2, -0.15) is 0 Å². The van der Waals surface area contributed by atoms with Gasteiger partial charge in [-0.3, -0.25) is 0 Å². The SMILES string of the molecule is O=S(=O)(CCCCNC1CC1)NCCc1cnc[nH]1. The van der Waals surface area contributed by atoms with Crippen molar-refractivity contribution in [3.8, 4) is 0 Å². The molecule has 1 aromatic rings. The van der Waals surface area contributed by atoms with Crippen molar-refractivity contribution < 1.29 is 8.42 Å². The highest BCUT2D eigenvalue weighted by atomic mass is 32.2. The molecule has 1 aliphatic carbocycles. The minimum Gasteiger partial charge on any atom is -0.348 e. The zero-order valence-corrected chi connectivity index (χ0v) is 11.9. The quantitative estimate of drug-likeness (QED) is 0.544. The second kappa shape index (κ2) is 7.02. The number of rotatable bonds is 10. The van der Waals surface area contributed by atoms with E-state index in [1.807, 2.05) is 0 Å². The number of nitrogens with one attached hydrogen (secondary N) is 3. The van der Waals surface area contributed by atoms with E-state index in [2.05, 4.69) is 20.0 Å². The van der Waals surface area contributed by atoms with Crippen LogP contribution in [-0.2, 0) is 16.4 Å². The van der Waals surface area contributed by atoms with Crippen molar-refractivity contribution in [1.82, 2.24) is 20.0 Å². The van der Waals surface area contributed by atoms with Crippen LogP contribution in [0.1, 0.15) is 31.4 Å². The average molecular weight is 286 g/mol. The lowest BCUT2D eigenvalue weighted by Gasteiger charge is -2.06. The Morgan fingerprint density at radius 2 is 2.16 bits per heavy atom. The molecule has 1 aliphatic rings. The second-order valence-electron chi connectivity index (χ2n) is 4.98. The van der Waals surface area contributed by atoms with Crippen LogP contribution in [0.5, 0.6) is 0 Å². The Kier molecular flexibility index (Phi) is 5.35. The summed E-state index contributed by atoms with van der Waals surface area (Å²) in [5.74, 6) is 0.211. The van der Waals surface area contributed by atoms with Crippen molar-refractivity contribution in [2.75, 3.05) is 18.8 Å². The van der Waals surface area contributed by atoms with Gasteiger partial charge in [-0.15, -0.1) is 0 Å². The molecule has 0 aromatic carbocycles. The standard InChI is InChI=1S/C12H22N4O2S/c17-19(18,8-2-1-6-14-11-3-4-11)16-7-5-12-9-13-10-15-12/h9-11,14,16H,1-8H2,(H,13,15). The largest absolute Gasteiger partial charge is 0.348 e. The Morgan fingerprint density at radius 1 is 1.32 bits per heavy atom. The van der Waals surface area contributed by atoms with Crippen LogP contribution in [0.15, 0.2) is 12.5 Å². The Bertz CT molecular complexity index is 454. The Hall–Kier alpha value is -0.920. The van der Waals surface area contributed by atoms with Crippen molar-refractivity contribution >= 4 is 10.0 Å². The van der Waals surface area contributed by atoms with Crippen LogP contribution in [0.25, 0.3) is 0 Å². The molecule has 0 unspecified atom stereocenters. The molecule has 1 aromatic heterocycles. The van der Waals surface area contributed by atoms with Crippen LogP contribution >= 0.6 is 0 Å². The minimum atomic E-state index is -3.13. The summed E-state index contributed by atoms with van der Waals surface area (Å²) in [6.07, 6.45) is 8.11. The molecular formula is C12H22N4O2S. The van der Waals surface area contributed by atoms with Crippen LogP contribution < -0.4 is 10.0 Å². The number of aromatic amines is 1. The lowest BCUT2D eigenvalue weighted by molar-refractivity contribution is 0.573. The van der Waals surface area contributed by atoms with E-state index < -0.39 is 10.0 Å². The molecule has 0 bridgehead atoms. The third kappa shape index (κ3) is 6.17. The van der Waals surface area contributed by atoms with Crippen LogP contribution in [0.3, 0.4) is 0 Å². The minimum absolute atomic E-state index is 0.211.